The minimum Gasteiger partial charge on any atom is -0.481 e. The molecule has 0 aromatic carbocycles. The maximum absolute atomic E-state index is 10.4. The number of rotatable bonds is 15. The van der Waals surface area contributed by atoms with Crippen LogP contribution >= 0.6 is 0 Å². The summed E-state index contributed by atoms with van der Waals surface area (Å²) in [5.41, 5.74) is 0. The van der Waals surface area contributed by atoms with E-state index in [-0.39, 0.29) is 12.5 Å². The molecule has 1 atom stereocenters. The number of allylic oxidation sites excluding steroid dienone is 6. The molecule has 2 N–H and O–H groups in total. The number of carbonyl (C=O) groups is 1. The Balaban J connectivity index is 3.81. The fourth-order valence-electron chi connectivity index (χ4n) is 2.03. The van der Waals surface area contributed by atoms with Crippen LogP contribution in [0, 0.1) is 0 Å². The number of hydrogen-bond donors (Lipinski definition) is 2. The van der Waals surface area contributed by atoms with Crippen molar-refractivity contribution >= 4 is 5.97 Å². The lowest BCUT2D eigenvalue weighted by atomic mass is 10.1. The maximum atomic E-state index is 10.4. The molecule has 24 heavy (non-hydrogen) atoms. The van der Waals surface area contributed by atoms with Crippen LogP contribution in [0.3, 0.4) is 0 Å². The lowest BCUT2D eigenvalue weighted by Crippen LogP contribution is -2.04. The fraction of sp³-hybridized carbons (Fsp3) is 0.550. The van der Waals surface area contributed by atoms with E-state index >= 15 is 0 Å². The van der Waals surface area contributed by atoms with Crippen molar-refractivity contribution in [2.24, 2.45) is 0 Å². The molecule has 0 fully saturated rings. The van der Waals surface area contributed by atoms with Gasteiger partial charge in [-0.05, 0) is 38.5 Å². The number of aliphatic carboxylic acids is 1. The molecule has 0 aliphatic carbocycles. The van der Waals surface area contributed by atoms with E-state index in [0.717, 1.165) is 19.3 Å². The topological polar surface area (TPSA) is 66.8 Å². The summed E-state index contributed by atoms with van der Waals surface area (Å²) in [7, 11) is 0. The summed E-state index contributed by atoms with van der Waals surface area (Å²) < 4.78 is 0. The van der Waals surface area contributed by atoms with Gasteiger partial charge in [0.2, 0.25) is 0 Å². The van der Waals surface area contributed by atoms with Crippen LogP contribution in [0.25, 0.3) is 0 Å². The van der Waals surface area contributed by atoms with Gasteiger partial charge in [0.05, 0.1) is 0 Å². The first-order chi connectivity index (χ1) is 11.7. The van der Waals surface area contributed by atoms with Crippen molar-refractivity contribution in [3.05, 3.63) is 48.6 Å². The molecule has 0 aromatic heterocycles. The van der Waals surface area contributed by atoms with E-state index in [1.807, 2.05) is 24.3 Å². The Morgan fingerprint density at radius 3 is 2.46 bits per heavy atom. The molecular formula is C20H32O4. The Morgan fingerprint density at radius 2 is 1.75 bits per heavy atom. The molecule has 0 spiro atoms. The Kier molecular flexibility index (Phi) is 16.5. The Morgan fingerprint density at radius 1 is 1.00 bits per heavy atom. The van der Waals surface area contributed by atoms with Crippen LogP contribution in [0.5, 0.6) is 0 Å². The molecule has 0 aromatic rings. The van der Waals surface area contributed by atoms with E-state index in [9.17, 15) is 4.79 Å². The van der Waals surface area contributed by atoms with Crippen LogP contribution in [0.1, 0.15) is 64.7 Å². The maximum Gasteiger partial charge on any atom is 0.303 e. The van der Waals surface area contributed by atoms with E-state index < -0.39 is 5.97 Å². The average molecular weight is 336 g/mol. The summed E-state index contributed by atoms with van der Waals surface area (Å²) in [5.74, 6) is -0.773. The van der Waals surface area contributed by atoms with Gasteiger partial charge in [-0.3, -0.25) is 10.1 Å². The smallest absolute Gasteiger partial charge is 0.303 e. The minimum atomic E-state index is -0.773. The van der Waals surface area contributed by atoms with Crippen molar-refractivity contribution in [3.8, 4) is 0 Å². The van der Waals surface area contributed by atoms with Gasteiger partial charge in [0.15, 0.2) is 0 Å². The summed E-state index contributed by atoms with van der Waals surface area (Å²) >= 11 is 0. The summed E-state index contributed by atoms with van der Waals surface area (Å²) in [5, 5.41) is 17.4. The lowest BCUT2D eigenvalue weighted by molar-refractivity contribution is -0.264. The van der Waals surface area contributed by atoms with Gasteiger partial charge in [-0.1, -0.05) is 68.4 Å². The number of hydrogen-bond acceptors (Lipinski definition) is 3. The second-order valence-corrected chi connectivity index (χ2v) is 5.65. The predicted octanol–water partition coefficient (Wildman–Crippen LogP) is 5.68. The number of carboxylic acids is 1. The Labute approximate surface area is 146 Å². The molecule has 0 aliphatic rings. The zero-order valence-electron chi connectivity index (χ0n) is 14.8. The largest absolute Gasteiger partial charge is 0.481 e. The van der Waals surface area contributed by atoms with E-state index in [4.69, 9.17) is 10.4 Å². The van der Waals surface area contributed by atoms with Crippen molar-refractivity contribution in [1.29, 1.82) is 0 Å². The summed E-state index contributed by atoms with van der Waals surface area (Å²) in [6, 6.07) is 0. The summed E-state index contributed by atoms with van der Waals surface area (Å²) in [6.45, 7) is 2.21. The van der Waals surface area contributed by atoms with Gasteiger partial charge in [0.25, 0.3) is 0 Å². The first-order valence-corrected chi connectivity index (χ1v) is 8.86. The highest BCUT2D eigenvalue weighted by Gasteiger charge is 2.00. The Bertz CT molecular complexity index is 408. The van der Waals surface area contributed by atoms with Gasteiger partial charge in [-0.2, -0.15) is 0 Å². The van der Waals surface area contributed by atoms with Crippen LogP contribution in [0.2, 0.25) is 0 Å². The third kappa shape index (κ3) is 16.7. The van der Waals surface area contributed by atoms with Gasteiger partial charge in [-0.25, -0.2) is 4.89 Å². The molecule has 0 amide bonds. The first kappa shape index (κ1) is 22.4. The number of unbranched alkanes of at least 4 members (excludes halogenated alkanes) is 4. The van der Waals surface area contributed by atoms with Crippen molar-refractivity contribution < 1.29 is 20.0 Å². The fourth-order valence-corrected chi connectivity index (χ4v) is 2.03. The normalized spacial score (nSPS) is 13.8. The highest BCUT2D eigenvalue weighted by atomic mass is 17.1. The molecule has 0 saturated carbocycles. The molecule has 4 heteroatoms. The molecule has 0 bridgehead atoms. The van der Waals surface area contributed by atoms with Crippen LogP contribution in [-0.4, -0.2) is 22.4 Å². The SMILES string of the molecule is CCCCC/C=C\CC=C/C=C/[C@@H](C/C=C\CCCC(=O)O)OO. The zero-order valence-corrected chi connectivity index (χ0v) is 14.8. The minimum absolute atomic E-state index is 0.183. The van der Waals surface area contributed by atoms with E-state index in [1.165, 1.54) is 19.3 Å². The van der Waals surface area contributed by atoms with E-state index in [2.05, 4.69) is 30.0 Å². The highest BCUT2D eigenvalue weighted by molar-refractivity contribution is 5.66. The first-order valence-electron chi connectivity index (χ1n) is 8.86. The standard InChI is InChI=1S/C20H32O4/c1-2-3-4-5-6-7-8-9-10-13-16-19(24-23)17-14-11-12-15-18-20(21)22/h6-7,9-11,13-14,16,19,23H,2-5,8,12,15,17-18H2,1H3,(H,21,22)/b7-6-,10-9?,14-11-,16-13+/t19-/m0/s1. The predicted molar refractivity (Wildman–Crippen MR) is 98.9 cm³/mol. The molecule has 136 valence electrons. The zero-order chi connectivity index (χ0) is 17.9. The second-order valence-electron chi connectivity index (χ2n) is 5.65. The second kappa shape index (κ2) is 17.7. The van der Waals surface area contributed by atoms with Gasteiger partial charge in [0.1, 0.15) is 6.10 Å². The van der Waals surface area contributed by atoms with Gasteiger partial charge < -0.3 is 5.11 Å². The highest BCUT2D eigenvalue weighted by Crippen LogP contribution is 2.04. The molecule has 4 nitrogen and oxygen atoms in total. The van der Waals surface area contributed by atoms with Crippen LogP contribution in [0.15, 0.2) is 48.6 Å². The molecule has 0 rings (SSSR count). The quantitative estimate of drug-likeness (QED) is 0.133. The average Bonchev–Trinajstić information content (AvgIpc) is 2.57. The van der Waals surface area contributed by atoms with E-state index in [0.29, 0.717) is 12.8 Å². The van der Waals surface area contributed by atoms with Crippen LogP contribution in [-0.2, 0) is 9.68 Å². The lowest BCUT2D eigenvalue weighted by Gasteiger charge is -2.04. The van der Waals surface area contributed by atoms with Crippen molar-refractivity contribution in [3.63, 3.8) is 0 Å². The third-order valence-corrected chi connectivity index (χ3v) is 3.42. The summed E-state index contributed by atoms with van der Waals surface area (Å²) in [4.78, 5) is 14.8. The third-order valence-electron chi connectivity index (χ3n) is 3.42. The monoisotopic (exact) mass is 336 g/mol. The molecule has 0 saturated heterocycles. The summed E-state index contributed by atoms with van der Waals surface area (Å²) in [6.07, 6.45) is 23.4. The van der Waals surface area contributed by atoms with Crippen molar-refractivity contribution in [2.75, 3.05) is 0 Å². The van der Waals surface area contributed by atoms with Crippen LogP contribution in [0.4, 0.5) is 0 Å². The molecular weight excluding hydrogens is 304 g/mol. The van der Waals surface area contributed by atoms with Crippen LogP contribution < -0.4 is 0 Å². The van der Waals surface area contributed by atoms with Gasteiger partial charge in [-0.15, -0.1) is 0 Å². The van der Waals surface area contributed by atoms with Gasteiger partial charge >= 0.3 is 5.97 Å². The van der Waals surface area contributed by atoms with Crippen molar-refractivity contribution in [1.82, 2.24) is 0 Å². The number of carboxylic acid groups (broad SMARTS) is 1. The van der Waals surface area contributed by atoms with E-state index in [1.54, 1.807) is 6.08 Å². The Hall–Kier alpha value is -1.65. The molecule has 0 aliphatic heterocycles. The van der Waals surface area contributed by atoms with Gasteiger partial charge in [0, 0.05) is 6.42 Å². The van der Waals surface area contributed by atoms with Crippen molar-refractivity contribution in [2.45, 2.75) is 70.8 Å². The molecule has 0 heterocycles. The molecule has 0 radical (unpaired) electrons. The molecule has 0 unspecified atom stereocenters.